The van der Waals surface area contributed by atoms with Gasteiger partial charge >= 0.3 is 0 Å². The molecule has 5 nitrogen and oxygen atoms in total. The van der Waals surface area contributed by atoms with E-state index in [4.69, 9.17) is 10.00 Å². The molecule has 1 saturated carbocycles. The van der Waals surface area contributed by atoms with E-state index in [0.717, 1.165) is 63.1 Å². The van der Waals surface area contributed by atoms with Crippen LogP contribution in [0.1, 0.15) is 58.3 Å². The van der Waals surface area contributed by atoms with Gasteiger partial charge in [0.15, 0.2) is 0 Å². The number of carbonyl (C=O) groups excluding carboxylic acids is 1. The molecule has 7 heteroatoms. The van der Waals surface area contributed by atoms with Crippen LogP contribution in [0, 0.1) is 16.7 Å². The summed E-state index contributed by atoms with van der Waals surface area (Å²) in [5.41, 5.74) is 0.273. The highest BCUT2D eigenvalue weighted by Gasteiger charge is 2.48. The normalized spacial score (nSPS) is 29.5. The number of nitriles is 1. The molecule has 1 atom stereocenters. The summed E-state index contributed by atoms with van der Waals surface area (Å²) >= 11 is 0. The van der Waals surface area contributed by atoms with Gasteiger partial charge in [-0.15, -0.1) is 0 Å². The second-order valence-electron chi connectivity index (χ2n) is 8.33. The van der Waals surface area contributed by atoms with E-state index in [2.05, 4.69) is 12.2 Å². The Hall–Kier alpha value is -1.26. The number of amides is 1. The van der Waals surface area contributed by atoms with Crippen LogP contribution in [0.25, 0.3) is 0 Å². The number of alkyl halides is 2. The quantitative estimate of drug-likeness (QED) is 0.828. The van der Waals surface area contributed by atoms with Crippen molar-refractivity contribution in [3.8, 4) is 6.07 Å². The van der Waals surface area contributed by atoms with Gasteiger partial charge in [-0.1, -0.05) is 6.92 Å². The first kappa shape index (κ1) is 19.5. The molecule has 1 N–H and O–H groups in total. The fourth-order valence-electron chi connectivity index (χ4n) is 4.78. The maximum absolute atomic E-state index is 13.6. The van der Waals surface area contributed by atoms with Crippen LogP contribution in [0.2, 0.25) is 0 Å². The van der Waals surface area contributed by atoms with Crippen molar-refractivity contribution < 1.29 is 18.3 Å². The Kier molecular flexibility index (Phi) is 5.55. The van der Waals surface area contributed by atoms with Crippen molar-refractivity contribution in [2.24, 2.45) is 5.41 Å². The molecule has 3 aliphatic rings. The number of hydrogen-bond acceptors (Lipinski definition) is 4. The number of halogens is 2. The van der Waals surface area contributed by atoms with Crippen molar-refractivity contribution in [2.75, 3.05) is 26.3 Å². The Morgan fingerprint density at radius 2 is 1.88 bits per heavy atom. The van der Waals surface area contributed by atoms with Crippen molar-refractivity contribution in [3.05, 3.63) is 0 Å². The Morgan fingerprint density at radius 3 is 2.46 bits per heavy atom. The number of likely N-dealkylation sites (tertiary alicyclic amines) is 1. The summed E-state index contributed by atoms with van der Waals surface area (Å²) in [4.78, 5) is 13.5. The van der Waals surface area contributed by atoms with Gasteiger partial charge in [-0.25, -0.2) is 8.78 Å². The third-order valence-corrected chi connectivity index (χ3v) is 6.85. The molecule has 0 aromatic carbocycles. The predicted octanol–water partition coefficient (Wildman–Crippen LogP) is 2.86. The van der Waals surface area contributed by atoms with Gasteiger partial charge in [-0.05, 0) is 50.4 Å². The molecule has 0 radical (unpaired) electrons. The summed E-state index contributed by atoms with van der Waals surface area (Å²) in [5.74, 6) is -3.36. The zero-order valence-electron chi connectivity index (χ0n) is 15.5. The Bertz CT molecular complexity index is 560. The maximum atomic E-state index is 13.6. The van der Waals surface area contributed by atoms with Crippen LogP contribution in [-0.4, -0.2) is 54.6 Å². The van der Waals surface area contributed by atoms with Crippen molar-refractivity contribution in [1.82, 2.24) is 10.2 Å². The zero-order valence-corrected chi connectivity index (χ0v) is 15.5. The molecule has 0 aromatic heterocycles. The van der Waals surface area contributed by atoms with Gasteiger partial charge in [0.05, 0.1) is 19.2 Å². The zero-order chi connectivity index (χ0) is 18.8. The van der Waals surface area contributed by atoms with Gasteiger partial charge in [0.1, 0.15) is 6.04 Å². The maximum Gasteiger partial charge on any atom is 0.268 e. The first-order chi connectivity index (χ1) is 12.3. The second kappa shape index (κ2) is 7.40. The molecule has 1 aliphatic carbocycles. The minimum Gasteiger partial charge on any atom is -0.381 e. The van der Waals surface area contributed by atoms with Gasteiger partial charge in [-0.3, -0.25) is 4.79 Å². The van der Waals surface area contributed by atoms with Crippen LogP contribution in [-0.2, 0) is 9.53 Å². The Labute approximate surface area is 154 Å². The van der Waals surface area contributed by atoms with E-state index in [9.17, 15) is 13.6 Å². The van der Waals surface area contributed by atoms with Crippen LogP contribution in [0.15, 0.2) is 0 Å². The average molecular weight is 369 g/mol. The van der Waals surface area contributed by atoms with Crippen LogP contribution in [0.3, 0.4) is 0 Å². The van der Waals surface area contributed by atoms with Gasteiger partial charge in [0, 0.05) is 25.2 Å². The van der Waals surface area contributed by atoms with Gasteiger partial charge in [-0.2, -0.15) is 5.26 Å². The molecule has 0 bridgehead atoms. The molecule has 26 heavy (non-hydrogen) atoms. The van der Waals surface area contributed by atoms with E-state index in [1.807, 2.05) is 6.07 Å². The molecule has 3 rings (SSSR count). The minimum atomic E-state index is -2.96. The van der Waals surface area contributed by atoms with Crippen LogP contribution in [0.4, 0.5) is 8.78 Å². The number of rotatable bonds is 4. The number of hydrogen-bond donors (Lipinski definition) is 1. The van der Waals surface area contributed by atoms with E-state index in [0.29, 0.717) is 5.41 Å². The molecule has 1 amide bonds. The SMILES string of the molecule is CCC1(NCC(=O)N2CC(F)(F)CC2C#N)CCC2(CCOCC2)CC1. The largest absolute Gasteiger partial charge is 0.381 e. The molecule has 3 fully saturated rings. The Morgan fingerprint density at radius 1 is 1.23 bits per heavy atom. The van der Waals surface area contributed by atoms with E-state index >= 15 is 0 Å². The summed E-state index contributed by atoms with van der Waals surface area (Å²) in [6.45, 7) is 3.17. The van der Waals surface area contributed by atoms with Crippen molar-refractivity contribution in [3.63, 3.8) is 0 Å². The van der Waals surface area contributed by atoms with E-state index in [1.54, 1.807) is 0 Å². The molecular formula is C19H29F2N3O2. The van der Waals surface area contributed by atoms with Gasteiger partial charge in [0.25, 0.3) is 5.92 Å². The molecule has 2 aliphatic heterocycles. The fraction of sp³-hybridized carbons (Fsp3) is 0.895. The lowest BCUT2D eigenvalue weighted by molar-refractivity contribution is -0.132. The molecule has 1 spiro atoms. The molecular weight excluding hydrogens is 340 g/mol. The highest BCUT2D eigenvalue weighted by Crippen LogP contribution is 2.48. The first-order valence-corrected chi connectivity index (χ1v) is 9.72. The van der Waals surface area contributed by atoms with Crippen molar-refractivity contribution >= 4 is 5.91 Å². The summed E-state index contributed by atoms with van der Waals surface area (Å²) in [7, 11) is 0. The highest BCUT2D eigenvalue weighted by atomic mass is 19.3. The molecule has 0 aromatic rings. The lowest BCUT2D eigenvalue weighted by Gasteiger charge is -2.48. The number of ether oxygens (including phenoxy) is 1. The van der Waals surface area contributed by atoms with Gasteiger partial charge in [0.2, 0.25) is 5.91 Å². The second-order valence-corrected chi connectivity index (χ2v) is 8.33. The predicted molar refractivity (Wildman–Crippen MR) is 92.7 cm³/mol. The van der Waals surface area contributed by atoms with Crippen molar-refractivity contribution in [2.45, 2.75) is 75.8 Å². The van der Waals surface area contributed by atoms with E-state index < -0.39 is 30.8 Å². The number of nitrogens with one attached hydrogen (secondary N) is 1. The van der Waals surface area contributed by atoms with Crippen LogP contribution < -0.4 is 5.32 Å². The fourth-order valence-corrected chi connectivity index (χ4v) is 4.78. The first-order valence-electron chi connectivity index (χ1n) is 9.72. The summed E-state index contributed by atoms with van der Waals surface area (Å²) < 4.78 is 32.6. The highest BCUT2D eigenvalue weighted by molar-refractivity contribution is 5.79. The third kappa shape index (κ3) is 4.01. The Balaban J connectivity index is 1.56. The lowest BCUT2D eigenvalue weighted by atomic mass is 9.63. The van der Waals surface area contributed by atoms with Crippen LogP contribution in [0.5, 0.6) is 0 Å². The average Bonchev–Trinajstić information content (AvgIpc) is 2.97. The molecule has 146 valence electrons. The third-order valence-electron chi connectivity index (χ3n) is 6.85. The lowest BCUT2D eigenvalue weighted by Crippen LogP contribution is -2.54. The van der Waals surface area contributed by atoms with E-state index in [1.165, 1.54) is 0 Å². The van der Waals surface area contributed by atoms with Gasteiger partial charge < -0.3 is 15.0 Å². The molecule has 2 heterocycles. The van der Waals surface area contributed by atoms with Crippen LogP contribution >= 0.6 is 0 Å². The number of carbonyl (C=O) groups is 1. The topological polar surface area (TPSA) is 65.4 Å². The van der Waals surface area contributed by atoms with E-state index in [-0.39, 0.29) is 12.1 Å². The standard InChI is InChI=1S/C19H29F2N3O2/c1-2-18(5-3-17(4-6-18)7-9-26-10-8-17)23-13-16(25)24-14-19(20,21)11-15(24)12-22/h15,23H,2-11,13-14H2,1H3. The summed E-state index contributed by atoms with van der Waals surface area (Å²) in [5, 5.41) is 12.4. The minimum absolute atomic E-state index is 0.0260. The summed E-state index contributed by atoms with van der Waals surface area (Å²) in [6, 6.07) is 0.817. The number of nitrogens with zero attached hydrogens (tertiary/aromatic N) is 2. The summed E-state index contributed by atoms with van der Waals surface area (Å²) in [6.07, 6.45) is 6.80. The molecule has 2 saturated heterocycles. The molecule has 1 unspecified atom stereocenters. The smallest absolute Gasteiger partial charge is 0.268 e. The monoisotopic (exact) mass is 369 g/mol. The van der Waals surface area contributed by atoms with Crippen molar-refractivity contribution in [1.29, 1.82) is 5.26 Å².